The minimum absolute atomic E-state index is 0.132. The van der Waals surface area contributed by atoms with Crippen molar-refractivity contribution in [1.29, 1.82) is 0 Å². The summed E-state index contributed by atoms with van der Waals surface area (Å²) >= 11 is 0. The number of esters is 1. The van der Waals surface area contributed by atoms with E-state index in [4.69, 9.17) is 9.26 Å². The second kappa shape index (κ2) is 5.91. The molecule has 1 saturated carbocycles. The average molecular weight is 281 g/mol. The Balaban J connectivity index is 1.98. The molecule has 0 amide bonds. The van der Waals surface area contributed by atoms with Gasteiger partial charge in [0.2, 0.25) is 5.89 Å². The maximum atomic E-state index is 11.6. The predicted molar refractivity (Wildman–Crippen MR) is 73.1 cm³/mol. The van der Waals surface area contributed by atoms with Gasteiger partial charge in [0, 0.05) is 11.5 Å². The Morgan fingerprint density at radius 1 is 1.45 bits per heavy atom. The number of hydrogen-bond donors (Lipinski definition) is 0. The Morgan fingerprint density at radius 3 is 2.65 bits per heavy atom. The zero-order valence-electron chi connectivity index (χ0n) is 12.7. The zero-order chi connectivity index (χ0) is 14.8. The van der Waals surface area contributed by atoms with Crippen molar-refractivity contribution in [2.24, 2.45) is 0 Å². The molecule has 1 aromatic rings. The van der Waals surface area contributed by atoms with Crippen LogP contribution in [-0.4, -0.2) is 40.2 Å². The van der Waals surface area contributed by atoms with E-state index in [0.29, 0.717) is 30.9 Å². The molecule has 1 aliphatic rings. The normalized spacial score (nSPS) is 15.7. The van der Waals surface area contributed by atoms with Crippen LogP contribution in [0.1, 0.15) is 52.3 Å². The van der Waals surface area contributed by atoms with E-state index in [9.17, 15) is 4.79 Å². The summed E-state index contributed by atoms with van der Waals surface area (Å²) in [7, 11) is 0. The molecule has 6 nitrogen and oxygen atoms in total. The number of ether oxygens (including phenoxy) is 1. The molecule has 6 heteroatoms. The highest BCUT2D eigenvalue weighted by atomic mass is 16.5. The summed E-state index contributed by atoms with van der Waals surface area (Å²) in [5, 5.41) is 4.01. The second-order valence-electron chi connectivity index (χ2n) is 6.20. The number of aromatic nitrogens is 2. The van der Waals surface area contributed by atoms with Gasteiger partial charge in [0.15, 0.2) is 5.82 Å². The first kappa shape index (κ1) is 15.0. The van der Waals surface area contributed by atoms with Crippen LogP contribution in [0.15, 0.2) is 4.52 Å². The first-order valence-electron chi connectivity index (χ1n) is 7.13. The van der Waals surface area contributed by atoms with Crippen LogP contribution in [0.2, 0.25) is 0 Å². The fraction of sp³-hybridized carbons (Fsp3) is 0.786. The molecule has 0 aliphatic heterocycles. The number of carbonyl (C=O) groups excluding carboxylic acids is 1. The number of carbonyl (C=O) groups is 1. The van der Waals surface area contributed by atoms with Crippen LogP contribution in [0.4, 0.5) is 0 Å². The van der Waals surface area contributed by atoms with Crippen LogP contribution in [0, 0.1) is 0 Å². The monoisotopic (exact) mass is 281 g/mol. The largest absolute Gasteiger partial charge is 0.465 e. The molecule has 0 radical (unpaired) electrons. The van der Waals surface area contributed by atoms with Crippen LogP contribution in [-0.2, 0) is 21.5 Å². The second-order valence-corrected chi connectivity index (χ2v) is 6.20. The third-order valence-electron chi connectivity index (χ3n) is 3.18. The summed E-state index contributed by atoms with van der Waals surface area (Å²) in [6, 6.07) is 0.435. The van der Waals surface area contributed by atoms with Gasteiger partial charge in [-0.15, -0.1) is 0 Å². The lowest BCUT2D eigenvalue weighted by Gasteiger charge is -2.18. The van der Waals surface area contributed by atoms with Crippen molar-refractivity contribution in [2.75, 3.05) is 13.2 Å². The molecule has 0 aromatic carbocycles. The molecule has 20 heavy (non-hydrogen) atoms. The molecule has 0 unspecified atom stereocenters. The summed E-state index contributed by atoms with van der Waals surface area (Å²) in [6.07, 6.45) is 2.22. The summed E-state index contributed by atoms with van der Waals surface area (Å²) in [4.78, 5) is 18.1. The number of hydrogen-bond acceptors (Lipinski definition) is 6. The maximum Gasteiger partial charge on any atom is 0.320 e. The van der Waals surface area contributed by atoms with Crippen molar-refractivity contribution in [1.82, 2.24) is 15.0 Å². The standard InChI is InChI=1S/C14H23N3O3/c1-5-19-12(18)9-17(10-6-7-10)8-11-15-13(16-20-11)14(2,3)4/h10H,5-9H2,1-4H3. The van der Waals surface area contributed by atoms with Crippen molar-refractivity contribution in [3.05, 3.63) is 11.7 Å². The van der Waals surface area contributed by atoms with Gasteiger partial charge >= 0.3 is 5.97 Å². The Morgan fingerprint density at radius 2 is 2.15 bits per heavy atom. The number of nitrogens with zero attached hydrogens (tertiary/aromatic N) is 3. The fourth-order valence-electron chi connectivity index (χ4n) is 1.92. The van der Waals surface area contributed by atoms with E-state index in [-0.39, 0.29) is 17.9 Å². The summed E-state index contributed by atoms with van der Waals surface area (Å²) < 4.78 is 10.3. The SMILES string of the molecule is CCOC(=O)CN(Cc1nc(C(C)(C)C)no1)C1CC1. The quantitative estimate of drug-likeness (QED) is 0.742. The summed E-state index contributed by atoms with van der Waals surface area (Å²) in [5.74, 6) is 1.06. The molecule has 1 aromatic heterocycles. The number of rotatable bonds is 6. The minimum Gasteiger partial charge on any atom is -0.465 e. The molecule has 0 N–H and O–H groups in total. The molecule has 0 bridgehead atoms. The molecule has 0 spiro atoms. The van der Waals surface area contributed by atoms with E-state index in [0.717, 1.165) is 12.8 Å². The van der Waals surface area contributed by atoms with Crippen LogP contribution < -0.4 is 0 Å². The van der Waals surface area contributed by atoms with E-state index in [1.165, 1.54) is 0 Å². The van der Waals surface area contributed by atoms with E-state index in [2.05, 4.69) is 15.0 Å². The maximum absolute atomic E-state index is 11.6. The van der Waals surface area contributed by atoms with Crippen LogP contribution in [0.25, 0.3) is 0 Å². The van der Waals surface area contributed by atoms with Gasteiger partial charge in [0.1, 0.15) is 0 Å². The smallest absolute Gasteiger partial charge is 0.320 e. The van der Waals surface area contributed by atoms with Gasteiger partial charge in [0.05, 0.1) is 19.7 Å². The van der Waals surface area contributed by atoms with Gasteiger partial charge in [-0.3, -0.25) is 9.69 Å². The Labute approximate surface area is 119 Å². The Hall–Kier alpha value is -1.43. The van der Waals surface area contributed by atoms with Crippen molar-refractivity contribution in [3.8, 4) is 0 Å². The first-order chi connectivity index (χ1) is 9.40. The Kier molecular flexibility index (Phi) is 4.42. The summed E-state index contributed by atoms with van der Waals surface area (Å²) in [5.41, 5.74) is -0.132. The van der Waals surface area contributed by atoms with Crippen LogP contribution >= 0.6 is 0 Å². The molecule has 0 atom stereocenters. The molecule has 1 fully saturated rings. The highest BCUT2D eigenvalue weighted by Gasteiger charge is 2.32. The van der Waals surface area contributed by atoms with E-state index in [1.54, 1.807) is 0 Å². The van der Waals surface area contributed by atoms with Crippen LogP contribution in [0.3, 0.4) is 0 Å². The molecule has 112 valence electrons. The lowest BCUT2D eigenvalue weighted by Crippen LogP contribution is -2.32. The van der Waals surface area contributed by atoms with Gasteiger partial charge in [-0.25, -0.2) is 0 Å². The van der Waals surface area contributed by atoms with Crippen molar-refractivity contribution < 1.29 is 14.1 Å². The highest BCUT2D eigenvalue weighted by Crippen LogP contribution is 2.28. The third kappa shape index (κ3) is 4.03. The molecular weight excluding hydrogens is 258 g/mol. The Bertz CT molecular complexity index is 460. The third-order valence-corrected chi connectivity index (χ3v) is 3.18. The average Bonchev–Trinajstić information content (AvgIpc) is 3.07. The zero-order valence-corrected chi connectivity index (χ0v) is 12.7. The van der Waals surface area contributed by atoms with Gasteiger partial charge in [-0.1, -0.05) is 25.9 Å². The fourth-order valence-corrected chi connectivity index (χ4v) is 1.92. The summed E-state index contributed by atoms with van der Waals surface area (Å²) in [6.45, 7) is 9.13. The molecule has 2 rings (SSSR count). The molecule has 1 aliphatic carbocycles. The molecular formula is C14H23N3O3. The van der Waals surface area contributed by atoms with E-state index >= 15 is 0 Å². The van der Waals surface area contributed by atoms with Gasteiger partial charge < -0.3 is 9.26 Å². The molecule has 1 heterocycles. The van der Waals surface area contributed by atoms with Gasteiger partial charge in [0.25, 0.3) is 0 Å². The first-order valence-corrected chi connectivity index (χ1v) is 7.13. The van der Waals surface area contributed by atoms with E-state index in [1.807, 2.05) is 27.7 Å². The van der Waals surface area contributed by atoms with Gasteiger partial charge in [-0.2, -0.15) is 4.98 Å². The van der Waals surface area contributed by atoms with E-state index < -0.39 is 0 Å². The molecule has 0 saturated heterocycles. The lowest BCUT2D eigenvalue weighted by molar-refractivity contribution is -0.144. The minimum atomic E-state index is -0.199. The van der Waals surface area contributed by atoms with Crippen LogP contribution in [0.5, 0.6) is 0 Å². The lowest BCUT2D eigenvalue weighted by atomic mass is 9.96. The van der Waals surface area contributed by atoms with Gasteiger partial charge in [-0.05, 0) is 19.8 Å². The topological polar surface area (TPSA) is 68.5 Å². The van der Waals surface area contributed by atoms with Crippen molar-refractivity contribution in [2.45, 2.75) is 58.5 Å². The highest BCUT2D eigenvalue weighted by molar-refractivity contribution is 5.71. The predicted octanol–water partition coefficient (Wildman–Crippen LogP) is 1.89. The van der Waals surface area contributed by atoms with Crippen molar-refractivity contribution >= 4 is 5.97 Å². The van der Waals surface area contributed by atoms with Crippen molar-refractivity contribution in [3.63, 3.8) is 0 Å².